The fraction of sp³-hybridized carbons (Fsp3) is 0.545. The van der Waals surface area contributed by atoms with Crippen LogP contribution in [0.25, 0.3) is 11.0 Å². The average molecular weight is 254 g/mol. The molecule has 0 fully saturated rings. The van der Waals surface area contributed by atoms with Gasteiger partial charge in [0.25, 0.3) is 0 Å². The number of halogens is 1. The summed E-state index contributed by atoms with van der Waals surface area (Å²) in [4.78, 5) is 10.6. The van der Waals surface area contributed by atoms with Crippen LogP contribution in [-0.4, -0.2) is 38.2 Å². The van der Waals surface area contributed by atoms with Crippen molar-refractivity contribution in [3.63, 3.8) is 0 Å². The number of nitrogens with zero attached hydrogens (tertiary/aromatic N) is 5. The third-order valence-corrected chi connectivity index (χ3v) is 3.72. The SMILES string of the molecule is CN(c1ncnc2c1cnn2C)C(C)(C)CCl. The van der Waals surface area contributed by atoms with Crippen LogP contribution < -0.4 is 4.90 Å². The lowest BCUT2D eigenvalue weighted by molar-refractivity contribution is 0.541. The fourth-order valence-corrected chi connectivity index (χ4v) is 1.77. The number of aryl methyl sites for hydroxylation is 1. The van der Waals surface area contributed by atoms with Crippen molar-refractivity contribution >= 4 is 28.5 Å². The number of alkyl halides is 1. The molecule has 0 amide bonds. The molecule has 0 unspecified atom stereocenters. The highest BCUT2D eigenvalue weighted by atomic mass is 35.5. The largest absolute Gasteiger partial charge is 0.353 e. The Morgan fingerprint density at radius 1 is 1.41 bits per heavy atom. The molecule has 2 heterocycles. The van der Waals surface area contributed by atoms with Crippen molar-refractivity contribution in [2.75, 3.05) is 17.8 Å². The molecule has 0 saturated carbocycles. The molecule has 0 spiro atoms. The molecule has 17 heavy (non-hydrogen) atoms. The summed E-state index contributed by atoms with van der Waals surface area (Å²) in [6.07, 6.45) is 3.34. The van der Waals surface area contributed by atoms with Gasteiger partial charge in [-0.25, -0.2) is 9.97 Å². The van der Waals surface area contributed by atoms with E-state index in [-0.39, 0.29) is 5.54 Å². The predicted octanol–water partition coefficient (Wildman–Crippen LogP) is 1.82. The molecule has 0 N–H and O–H groups in total. The summed E-state index contributed by atoms with van der Waals surface area (Å²) in [6.45, 7) is 4.15. The lowest BCUT2D eigenvalue weighted by Crippen LogP contribution is -2.43. The molecule has 0 aliphatic heterocycles. The first-order valence-electron chi connectivity index (χ1n) is 5.40. The lowest BCUT2D eigenvalue weighted by Gasteiger charge is -2.34. The standard InChI is InChI=1S/C11H16ClN5/c1-11(2,6-12)16(3)9-8-5-15-17(4)10(8)14-7-13-9/h5,7H,6H2,1-4H3. The Balaban J connectivity index is 2.56. The van der Waals surface area contributed by atoms with Gasteiger partial charge in [-0.1, -0.05) is 0 Å². The Morgan fingerprint density at radius 3 is 2.76 bits per heavy atom. The summed E-state index contributed by atoms with van der Waals surface area (Å²) >= 11 is 5.99. The van der Waals surface area contributed by atoms with Crippen molar-refractivity contribution in [1.29, 1.82) is 0 Å². The molecule has 0 radical (unpaired) electrons. The Hall–Kier alpha value is -1.36. The molecule has 0 aliphatic rings. The third kappa shape index (κ3) is 1.95. The first kappa shape index (κ1) is 12.1. The van der Waals surface area contributed by atoms with Crippen LogP contribution in [0.3, 0.4) is 0 Å². The van der Waals surface area contributed by atoms with Crippen LogP contribution in [0.15, 0.2) is 12.5 Å². The van der Waals surface area contributed by atoms with E-state index >= 15 is 0 Å². The number of fused-ring (bicyclic) bond motifs is 1. The van der Waals surface area contributed by atoms with E-state index in [0.717, 1.165) is 16.9 Å². The highest BCUT2D eigenvalue weighted by Crippen LogP contribution is 2.27. The number of aromatic nitrogens is 4. The summed E-state index contributed by atoms with van der Waals surface area (Å²) in [5.74, 6) is 1.38. The summed E-state index contributed by atoms with van der Waals surface area (Å²) in [7, 11) is 3.85. The van der Waals surface area contributed by atoms with Crippen LogP contribution in [0.1, 0.15) is 13.8 Å². The maximum absolute atomic E-state index is 5.99. The van der Waals surface area contributed by atoms with Gasteiger partial charge in [0.15, 0.2) is 5.65 Å². The first-order valence-corrected chi connectivity index (χ1v) is 5.93. The molecular formula is C11H16ClN5. The van der Waals surface area contributed by atoms with Crippen molar-refractivity contribution in [3.05, 3.63) is 12.5 Å². The molecule has 0 atom stereocenters. The maximum atomic E-state index is 5.99. The Labute approximate surface area is 105 Å². The number of rotatable bonds is 3. The van der Waals surface area contributed by atoms with E-state index in [1.165, 1.54) is 0 Å². The Kier molecular flexibility index (Phi) is 2.95. The van der Waals surface area contributed by atoms with Crippen molar-refractivity contribution in [1.82, 2.24) is 19.7 Å². The second-order valence-electron chi connectivity index (χ2n) is 4.71. The van der Waals surface area contributed by atoms with Gasteiger partial charge in [-0.3, -0.25) is 4.68 Å². The predicted molar refractivity (Wildman–Crippen MR) is 69.5 cm³/mol. The molecule has 2 aromatic heterocycles. The van der Waals surface area contributed by atoms with Crippen LogP contribution in [0.5, 0.6) is 0 Å². The summed E-state index contributed by atoms with van der Waals surface area (Å²) < 4.78 is 1.74. The van der Waals surface area contributed by atoms with Crippen LogP contribution in [0.2, 0.25) is 0 Å². The van der Waals surface area contributed by atoms with Crippen LogP contribution in [0, 0.1) is 0 Å². The minimum absolute atomic E-state index is 0.168. The molecule has 0 bridgehead atoms. The third-order valence-electron chi connectivity index (χ3n) is 3.06. The van der Waals surface area contributed by atoms with E-state index in [4.69, 9.17) is 11.6 Å². The second-order valence-corrected chi connectivity index (χ2v) is 4.98. The summed E-state index contributed by atoms with van der Waals surface area (Å²) in [6, 6.07) is 0. The Bertz CT molecular complexity index is 534. The minimum Gasteiger partial charge on any atom is -0.353 e. The topological polar surface area (TPSA) is 46.8 Å². The van der Waals surface area contributed by atoms with Crippen LogP contribution in [-0.2, 0) is 7.05 Å². The highest BCUT2D eigenvalue weighted by Gasteiger charge is 2.25. The van der Waals surface area contributed by atoms with Gasteiger partial charge >= 0.3 is 0 Å². The van der Waals surface area contributed by atoms with Gasteiger partial charge in [0.2, 0.25) is 0 Å². The van der Waals surface area contributed by atoms with E-state index in [1.807, 2.05) is 14.1 Å². The average Bonchev–Trinajstić information content (AvgIpc) is 2.70. The molecule has 0 aliphatic carbocycles. The molecule has 5 nitrogen and oxygen atoms in total. The molecule has 2 aromatic rings. The van der Waals surface area contributed by atoms with Crippen molar-refractivity contribution in [2.24, 2.45) is 7.05 Å². The van der Waals surface area contributed by atoms with Crippen LogP contribution in [0.4, 0.5) is 5.82 Å². The van der Waals surface area contributed by atoms with Gasteiger partial charge in [0.1, 0.15) is 12.1 Å². The number of hydrogen-bond donors (Lipinski definition) is 0. The zero-order valence-corrected chi connectivity index (χ0v) is 11.2. The molecule has 6 heteroatoms. The van der Waals surface area contributed by atoms with Gasteiger partial charge in [-0.15, -0.1) is 11.6 Å². The second kappa shape index (κ2) is 4.14. The van der Waals surface area contributed by atoms with E-state index in [0.29, 0.717) is 5.88 Å². The van der Waals surface area contributed by atoms with Gasteiger partial charge in [-0.2, -0.15) is 5.10 Å². The highest BCUT2D eigenvalue weighted by molar-refractivity contribution is 6.18. The smallest absolute Gasteiger partial charge is 0.163 e. The van der Waals surface area contributed by atoms with Gasteiger partial charge < -0.3 is 4.90 Å². The number of anilines is 1. The molecule has 2 rings (SSSR count). The van der Waals surface area contributed by atoms with Gasteiger partial charge in [0.05, 0.1) is 11.6 Å². The minimum atomic E-state index is -0.168. The van der Waals surface area contributed by atoms with Crippen molar-refractivity contribution < 1.29 is 0 Å². The Morgan fingerprint density at radius 2 is 2.12 bits per heavy atom. The fourth-order valence-electron chi connectivity index (χ4n) is 1.59. The van der Waals surface area contributed by atoms with E-state index in [1.54, 1.807) is 17.2 Å². The summed E-state index contributed by atoms with van der Waals surface area (Å²) in [5.41, 5.74) is 0.658. The summed E-state index contributed by atoms with van der Waals surface area (Å²) in [5, 5.41) is 5.14. The van der Waals surface area contributed by atoms with E-state index < -0.39 is 0 Å². The number of hydrogen-bond acceptors (Lipinski definition) is 4. The zero-order valence-electron chi connectivity index (χ0n) is 10.5. The van der Waals surface area contributed by atoms with Crippen LogP contribution >= 0.6 is 11.6 Å². The van der Waals surface area contributed by atoms with Crippen molar-refractivity contribution in [2.45, 2.75) is 19.4 Å². The zero-order chi connectivity index (χ0) is 12.6. The molecular weight excluding hydrogens is 238 g/mol. The van der Waals surface area contributed by atoms with E-state index in [2.05, 4.69) is 33.8 Å². The molecule has 0 saturated heterocycles. The van der Waals surface area contributed by atoms with Crippen molar-refractivity contribution in [3.8, 4) is 0 Å². The normalized spacial score (nSPS) is 12.1. The quantitative estimate of drug-likeness (QED) is 0.783. The van der Waals surface area contributed by atoms with Gasteiger partial charge in [-0.05, 0) is 13.8 Å². The lowest BCUT2D eigenvalue weighted by atomic mass is 10.1. The molecule has 92 valence electrons. The van der Waals surface area contributed by atoms with E-state index in [9.17, 15) is 0 Å². The molecule has 0 aromatic carbocycles. The maximum Gasteiger partial charge on any atom is 0.163 e. The first-order chi connectivity index (χ1) is 7.97. The van der Waals surface area contributed by atoms with Gasteiger partial charge in [0, 0.05) is 25.5 Å². The monoisotopic (exact) mass is 253 g/mol.